The highest BCUT2D eigenvalue weighted by Gasteiger charge is 2.47. The molecule has 5 heterocycles. The first-order chi connectivity index (χ1) is 32.9. The maximum absolute atomic E-state index is 15.4. The van der Waals surface area contributed by atoms with E-state index in [0.29, 0.717) is 67.7 Å². The molecule has 1 atom stereocenters. The standard InChI is InChI=1S/C49H54ClF3N8O7S/c1-48(2)16-11-34(39(28-48)32-3-5-35(50)6-4-32)30-58-18-20-59(21-19-58)36-7-9-38(41(26-36)60-43-25-33-12-17-54-45(33)56-47(43)68-24-15-44(60)49(51,52)53)46(62)57-69(65,66)37-8-10-40(42(27-37)61(63)64)55-29-31-13-22-67-23-14-31/h3-10,12,17,25-27,31,44,55H,11,13-16,18-24,28-30H2,1-2H3,(H,54,56)(H,57,62). The minimum atomic E-state index is -4.85. The van der Waals surface area contributed by atoms with Gasteiger partial charge >= 0.3 is 6.18 Å². The molecule has 0 radical (unpaired) electrons. The number of pyridine rings is 1. The molecule has 2 fully saturated rings. The Hall–Kier alpha value is -5.89. The number of carbonyl (C=O) groups is 1. The molecular weight excluding hydrogens is 937 g/mol. The Kier molecular flexibility index (Phi) is 13.6. The lowest BCUT2D eigenvalue weighted by molar-refractivity contribution is -0.384. The van der Waals surface area contributed by atoms with E-state index in [1.165, 1.54) is 35.4 Å². The molecule has 366 valence electrons. The first-order valence-corrected chi connectivity index (χ1v) is 25.0. The summed E-state index contributed by atoms with van der Waals surface area (Å²) < 4.78 is 87.4. The third-order valence-electron chi connectivity index (χ3n) is 13.7. The Labute approximate surface area is 403 Å². The number of nitro benzene ring substituents is 1. The highest BCUT2D eigenvalue weighted by atomic mass is 35.5. The average Bonchev–Trinajstić information content (AvgIpc) is 3.69. The predicted octanol–water partition coefficient (Wildman–Crippen LogP) is 9.72. The summed E-state index contributed by atoms with van der Waals surface area (Å²) in [6.07, 6.45) is 0.659. The van der Waals surface area contributed by atoms with Gasteiger partial charge in [-0.15, -0.1) is 0 Å². The number of aromatic amines is 1. The maximum Gasteiger partial charge on any atom is 0.409 e. The lowest BCUT2D eigenvalue weighted by Gasteiger charge is -2.40. The summed E-state index contributed by atoms with van der Waals surface area (Å²) >= 11 is 6.25. The fourth-order valence-electron chi connectivity index (χ4n) is 9.83. The number of H-pyrrole nitrogens is 1. The van der Waals surface area contributed by atoms with Crippen molar-refractivity contribution in [2.75, 3.05) is 74.2 Å². The number of nitrogens with zero attached hydrogens (tertiary/aromatic N) is 5. The number of benzene rings is 3. The van der Waals surface area contributed by atoms with Crippen LogP contribution >= 0.6 is 11.6 Å². The van der Waals surface area contributed by atoms with Crippen molar-refractivity contribution in [1.82, 2.24) is 19.6 Å². The molecule has 2 aromatic heterocycles. The maximum atomic E-state index is 15.4. The van der Waals surface area contributed by atoms with Crippen LogP contribution in [0.5, 0.6) is 5.88 Å². The fourth-order valence-corrected chi connectivity index (χ4v) is 10.9. The Balaban J connectivity index is 1.04. The number of nitrogens with one attached hydrogen (secondary N) is 3. The lowest BCUT2D eigenvalue weighted by atomic mass is 9.72. The Morgan fingerprint density at radius 1 is 0.971 bits per heavy atom. The number of piperazine rings is 1. The van der Waals surface area contributed by atoms with E-state index in [-0.39, 0.29) is 46.4 Å². The van der Waals surface area contributed by atoms with E-state index in [2.05, 4.69) is 46.2 Å². The first-order valence-electron chi connectivity index (χ1n) is 23.1. The van der Waals surface area contributed by atoms with Crippen molar-refractivity contribution in [2.24, 2.45) is 11.3 Å². The van der Waals surface area contributed by atoms with Crippen LogP contribution in [0.4, 0.5) is 41.6 Å². The van der Waals surface area contributed by atoms with Gasteiger partial charge in [0.15, 0.2) is 0 Å². The summed E-state index contributed by atoms with van der Waals surface area (Å²) in [6, 6.07) is 16.5. The zero-order valence-corrected chi connectivity index (χ0v) is 39.9. The van der Waals surface area contributed by atoms with E-state index >= 15 is 13.2 Å². The number of halogens is 4. The van der Waals surface area contributed by atoms with Gasteiger partial charge in [-0.1, -0.05) is 43.2 Å². The van der Waals surface area contributed by atoms with Gasteiger partial charge in [0, 0.05) is 87.3 Å². The van der Waals surface area contributed by atoms with Gasteiger partial charge < -0.3 is 29.6 Å². The van der Waals surface area contributed by atoms with Gasteiger partial charge in [0.05, 0.1) is 27.7 Å². The summed E-state index contributed by atoms with van der Waals surface area (Å²) in [5.74, 6) is -1.15. The number of hydrogen-bond acceptors (Lipinski definition) is 12. The Bertz CT molecular complexity index is 2880. The summed E-state index contributed by atoms with van der Waals surface area (Å²) in [6.45, 7) is 8.84. The molecule has 0 spiro atoms. The topological polar surface area (TPSA) is 175 Å². The number of hydrogen-bond donors (Lipinski definition) is 3. The normalized spacial score (nSPS) is 19.5. The van der Waals surface area contributed by atoms with Crippen molar-refractivity contribution >= 4 is 72.6 Å². The second-order valence-corrected chi connectivity index (χ2v) is 21.1. The number of anilines is 4. The molecule has 3 aromatic carbocycles. The predicted molar refractivity (Wildman–Crippen MR) is 259 cm³/mol. The second kappa shape index (κ2) is 19.5. The van der Waals surface area contributed by atoms with E-state index in [1.807, 2.05) is 21.8 Å². The molecular formula is C49H54ClF3N8O7S. The zero-order valence-electron chi connectivity index (χ0n) is 38.3. The van der Waals surface area contributed by atoms with E-state index < -0.39 is 50.1 Å². The Morgan fingerprint density at radius 2 is 1.72 bits per heavy atom. The van der Waals surface area contributed by atoms with Crippen molar-refractivity contribution in [3.05, 3.63) is 111 Å². The van der Waals surface area contributed by atoms with Crippen molar-refractivity contribution in [3.63, 3.8) is 0 Å². The summed E-state index contributed by atoms with van der Waals surface area (Å²) in [5, 5.41) is 16.4. The summed E-state index contributed by atoms with van der Waals surface area (Å²) in [5.41, 5.74) is 3.78. The summed E-state index contributed by atoms with van der Waals surface area (Å²) in [4.78, 5) is 38.2. The molecule has 4 aliphatic rings. The van der Waals surface area contributed by atoms with E-state index in [1.54, 1.807) is 18.3 Å². The molecule has 2 saturated heterocycles. The average molecular weight is 992 g/mol. The highest BCUT2D eigenvalue weighted by molar-refractivity contribution is 7.90. The fraction of sp³-hybridized carbons (Fsp3) is 0.429. The second-order valence-electron chi connectivity index (χ2n) is 19.0. The summed E-state index contributed by atoms with van der Waals surface area (Å²) in [7, 11) is -4.83. The minimum Gasteiger partial charge on any atom is -0.476 e. The number of alkyl halides is 3. The van der Waals surface area contributed by atoms with E-state index in [9.17, 15) is 23.3 Å². The molecule has 1 amide bonds. The number of allylic oxidation sites excluding steroid dienone is 1. The molecule has 3 aliphatic heterocycles. The van der Waals surface area contributed by atoms with Crippen LogP contribution < -0.4 is 24.6 Å². The third kappa shape index (κ3) is 10.7. The number of fused-ring (bicyclic) bond motifs is 2. The van der Waals surface area contributed by atoms with Gasteiger partial charge in [-0.3, -0.25) is 19.8 Å². The quantitative estimate of drug-likeness (QED) is 0.0799. The first kappa shape index (κ1) is 48.1. The zero-order chi connectivity index (χ0) is 48.7. The molecule has 9 rings (SSSR count). The van der Waals surface area contributed by atoms with Crippen molar-refractivity contribution in [1.29, 1.82) is 0 Å². The number of carbonyl (C=O) groups excluding carboxylic acids is 1. The molecule has 0 bridgehead atoms. The van der Waals surface area contributed by atoms with E-state index in [4.69, 9.17) is 21.1 Å². The van der Waals surface area contributed by atoms with Gasteiger partial charge in [0.25, 0.3) is 21.6 Å². The smallest absolute Gasteiger partial charge is 0.409 e. The van der Waals surface area contributed by atoms with Gasteiger partial charge in [0.1, 0.15) is 23.1 Å². The molecule has 5 aromatic rings. The third-order valence-corrected chi connectivity index (χ3v) is 15.3. The lowest BCUT2D eigenvalue weighted by Crippen LogP contribution is -2.47. The van der Waals surface area contributed by atoms with Crippen LogP contribution in [0.3, 0.4) is 0 Å². The number of nitro groups is 1. The molecule has 20 heteroatoms. The molecule has 1 unspecified atom stereocenters. The molecule has 15 nitrogen and oxygen atoms in total. The molecule has 3 N–H and O–H groups in total. The van der Waals surface area contributed by atoms with Gasteiger partial charge in [-0.25, -0.2) is 13.1 Å². The molecule has 69 heavy (non-hydrogen) atoms. The molecule has 1 aliphatic carbocycles. The van der Waals surface area contributed by atoms with Crippen LogP contribution in [0, 0.1) is 21.4 Å². The SMILES string of the molecule is CC1(C)CCC(CN2CCN(c3ccc(C(=O)NS(=O)(=O)c4ccc(NCC5CCOCC5)c([N+](=O)[O-])c4)c(N4c5cc6cc[nH]c6nc5OCCC4C(F)(F)F)c3)CC2)=C(c2ccc(Cl)cc2)C1. The number of amides is 1. The van der Waals surface area contributed by atoms with Crippen LogP contribution in [-0.4, -0.2) is 105 Å². The number of rotatable bonds is 12. The van der Waals surface area contributed by atoms with Crippen LogP contribution in [0.15, 0.2) is 89.5 Å². The van der Waals surface area contributed by atoms with Gasteiger partial charge in [-0.2, -0.15) is 18.2 Å². The monoisotopic (exact) mass is 990 g/mol. The number of ether oxygens (including phenoxy) is 2. The van der Waals surface area contributed by atoms with Crippen LogP contribution in [0.25, 0.3) is 16.6 Å². The highest BCUT2D eigenvalue weighted by Crippen LogP contribution is 2.47. The number of aromatic nitrogens is 2. The molecule has 0 saturated carbocycles. The van der Waals surface area contributed by atoms with Crippen LogP contribution in [0.1, 0.15) is 68.3 Å². The number of sulfonamides is 1. The largest absolute Gasteiger partial charge is 0.476 e. The van der Waals surface area contributed by atoms with Gasteiger partial charge in [0.2, 0.25) is 5.88 Å². The van der Waals surface area contributed by atoms with Crippen LogP contribution in [-0.2, 0) is 14.8 Å². The van der Waals surface area contributed by atoms with Crippen molar-refractivity contribution in [2.45, 2.75) is 69.5 Å². The Morgan fingerprint density at radius 3 is 2.45 bits per heavy atom. The minimum absolute atomic E-state index is 0.0688. The van der Waals surface area contributed by atoms with Gasteiger partial charge in [-0.05, 0) is 109 Å². The van der Waals surface area contributed by atoms with Crippen molar-refractivity contribution in [3.8, 4) is 5.88 Å². The van der Waals surface area contributed by atoms with Crippen molar-refractivity contribution < 1.29 is 40.8 Å². The van der Waals surface area contributed by atoms with E-state index in [0.717, 1.165) is 61.2 Å². The van der Waals surface area contributed by atoms with Crippen LogP contribution in [0.2, 0.25) is 5.02 Å².